The Kier molecular flexibility index (Phi) is 3.94. The number of esters is 1. The van der Waals surface area contributed by atoms with Crippen molar-refractivity contribution < 1.29 is 19.0 Å². The second kappa shape index (κ2) is 5.21. The third kappa shape index (κ3) is 2.16. The molecule has 0 amide bonds. The van der Waals surface area contributed by atoms with E-state index in [1.165, 1.54) is 21.3 Å². The van der Waals surface area contributed by atoms with E-state index in [0.29, 0.717) is 22.6 Å². The smallest absolute Gasteiger partial charge is 0.338 e. The maximum Gasteiger partial charge on any atom is 0.338 e. The van der Waals surface area contributed by atoms with E-state index >= 15 is 0 Å². The fourth-order valence-electron chi connectivity index (χ4n) is 1.38. The Hall–Kier alpha value is -1.97. The molecule has 16 heavy (non-hydrogen) atoms. The molecule has 0 saturated carbocycles. The van der Waals surface area contributed by atoms with E-state index in [0.717, 1.165) is 0 Å². The second-order valence-electron chi connectivity index (χ2n) is 2.99. The van der Waals surface area contributed by atoms with Crippen molar-refractivity contribution in [3.63, 3.8) is 0 Å². The Morgan fingerprint density at radius 1 is 1.19 bits per heavy atom. The van der Waals surface area contributed by atoms with Crippen molar-refractivity contribution >= 4 is 12.0 Å². The Balaban J connectivity index is 3.36. The van der Waals surface area contributed by atoms with Crippen LogP contribution in [0.2, 0.25) is 0 Å². The molecule has 86 valence electrons. The maximum atomic E-state index is 11.4. The molecule has 0 aliphatic carbocycles. The first-order valence-corrected chi connectivity index (χ1v) is 4.64. The van der Waals surface area contributed by atoms with Crippen molar-refractivity contribution in [3.8, 4) is 11.5 Å². The molecule has 4 heteroatoms. The number of carbonyl (C=O) groups excluding carboxylic acids is 1. The first kappa shape index (κ1) is 12.1. The van der Waals surface area contributed by atoms with Gasteiger partial charge in [-0.15, -0.1) is 0 Å². The monoisotopic (exact) mass is 222 g/mol. The molecule has 4 nitrogen and oxygen atoms in total. The minimum atomic E-state index is -0.438. The van der Waals surface area contributed by atoms with Gasteiger partial charge in [-0.2, -0.15) is 0 Å². The van der Waals surface area contributed by atoms with Crippen molar-refractivity contribution in [1.82, 2.24) is 0 Å². The van der Waals surface area contributed by atoms with Crippen LogP contribution in [0.5, 0.6) is 11.5 Å². The van der Waals surface area contributed by atoms with Crippen LogP contribution in [0, 0.1) is 0 Å². The average Bonchev–Trinajstić information content (AvgIpc) is 2.35. The van der Waals surface area contributed by atoms with E-state index < -0.39 is 5.97 Å². The summed E-state index contributed by atoms with van der Waals surface area (Å²) in [6.45, 7) is 3.67. The number of ether oxygens (including phenoxy) is 3. The minimum Gasteiger partial charge on any atom is -0.496 e. The zero-order valence-corrected chi connectivity index (χ0v) is 9.57. The molecule has 0 saturated heterocycles. The highest BCUT2D eigenvalue weighted by Gasteiger charge is 2.14. The lowest BCUT2D eigenvalue weighted by atomic mass is 10.1. The van der Waals surface area contributed by atoms with Gasteiger partial charge in [0, 0.05) is 0 Å². The minimum absolute atomic E-state index is 0.377. The average molecular weight is 222 g/mol. The number of hydrogen-bond donors (Lipinski definition) is 0. The molecule has 0 heterocycles. The molecule has 0 bridgehead atoms. The first-order valence-electron chi connectivity index (χ1n) is 4.64. The number of methoxy groups -OCH3 is 3. The van der Waals surface area contributed by atoms with Crippen molar-refractivity contribution in [2.45, 2.75) is 0 Å². The van der Waals surface area contributed by atoms with Gasteiger partial charge in [0.2, 0.25) is 0 Å². The standard InChI is InChI=1S/C12H14O4/c1-5-9-10(14-2)6-8(12(13)16-4)7-11(9)15-3/h5-7H,1H2,2-4H3. The molecule has 1 aromatic carbocycles. The topological polar surface area (TPSA) is 44.8 Å². The Bertz CT molecular complexity index is 384. The maximum absolute atomic E-state index is 11.4. The van der Waals surface area contributed by atoms with Crippen LogP contribution in [0.4, 0.5) is 0 Å². The fourth-order valence-corrected chi connectivity index (χ4v) is 1.38. The van der Waals surface area contributed by atoms with Crippen LogP contribution in [0.1, 0.15) is 15.9 Å². The number of benzene rings is 1. The molecular weight excluding hydrogens is 208 g/mol. The third-order valence-electron chi connectivity index (χ3n) is 2.17. The molecule has 0 aliphatic heterocycles. The van der Waals surface area contributed by atoms with Gasteiger partial charge in [0.15, 0.2) is 0 Å². The first-order chi connectivity index (χ1) is 7.67. The van der Waals surface area contributed by atoms with Gasteiger partial charge in [-0.3, -0.25) is 0 Å². The highest BCUT2D eigenvalue weighted by Crippen LogP contribution is 2.31. The van der Waals surface area contributed by atoms with Gasteiger partial charge in [0.05, 0.1) is 32.5 Å². The normalized spacial score (nSPS) is 9.44. The predicted octanol–water partition coefficient (Wildman–Crippen LogP) is 2.13. The number of carbonyl (C=O) groups is 1. The molecule has 0 aliphatic rings. The lowest BCUT2D eigenvalue weighted by Gasteiger charge is -2.11. The summed E-state index contributed by atoms with van der Waals surface area (Å²) >= 11 is 0. The van der Waals surface area contributed by atoms with Crippen molar-refractivity contribution in [2.24, 2.45) is 0 Å². The van der Waals surface area contributed by atoms with E-state index in [1.807, 2.05) is 0 Å². The molecule has 0 spiro atoms. The van der Waals surface area contributed by atoms with E-state index in [9.17, 15) is 4.79 Å². The van der Waals surface area contributed by atoms with Crippen LogP contribution >= 0.6 is 0 Å². The summed E-state index contributed by atoms with van der Waals surface area (Å²) in [4.78, 5) is 11.4. The summed E-state index contributed by atoms with van der Waals surface area (Å²) in [6.07, 6.45) is 1.61. The zero-order chi connectivity index (χ0) is 12.1. The van der Waals surface area contributed by atoms with Gasteiger partial charge in [-0.05, 0) is 12.1 Å². The van der Waals surface area contributed by atoms with Gasteiger partial charge in [-0.1, -0.05) is 12.7 Å². The summed E-state index contributed by atoms with van der Waals surface area (Å²) in [5, 5.41) is 0. The highest BCUT2D eigenvalue weighted by molar-refractivity contribution is 5.91. The predicted molar refractivity (Wildman–Crippen MR) is 61.0 cm³/mol. The fraction of sp³-hybridized carbons (Fsp3) is 0.250. The van der Waals surface area contributed by atoms with Crippen molar-refractivity contribution in [1.29, 1.82) is 0 Å². The zero-order valence-electron chi connectivity index (χ0n) is 9.57. The Labute approximate surface area is 94.4 Å². The van der Waals surface area contributed by atoms with Gasteiger partial charge in [0.1, 0.15) is 11.5 Å². The van der Waals surface area contributed by atoms with Gasteiger partial charge < -0.3 is 14.2 Å². The summed E-state index contributed by atoms with van der Waals surface area (Å²) < 4.78 is 14.9. The van der Waals surface area contributed by atoms with E-state index in [1.54, 1.807) is 18.2 Å². The SMILES string of the molecule is C=Cc1c(OC)cc(C(=O)OC)cc1OC. The van der Waals surface area contributed by atoms with Crippen LogP contribution in [0.3, 0.4) is 0 Å². The van der Waals surface area contributed by atoms with Crippen LogP contribution in [-0.2, 0) is 4.74 Å². The van der Waals surface area contributed by atoms with Crippen LogP contribution < -0.4 is 9.47 Å². The van der Waals surface area contributed by atoms with Gasteiger partial charge >= 0.3 is 5.97 Å². The lowest BCUT2D eigenvalue weighted by Crippen LogP contribution is -2.03. The van der Waals surface area contributed by atoms with E-state index in [4.69, 9.17) is 9.47 Å². The molecule has 0 unspecified atom stereocenters. The van der Waals surface area contributed by atoms with Crippen LogP contribution in [-0.4, -0.2) is 27.3 Å². The third-order valence-corrected chi connectivity index (χ3v) is 2.17. The summed E-state index contributed by atoms with van der Waals surface area (Å²) in [7, 11) is 4.36. The molecule has 0 aromatic heterocycles. The van der Waals surface area contributed by atoms with Crippen LogP contribution in [0.15, 0.2) is 18.7 Å². The molecule has 0 atom stereocenters. The molecular formula is C12H14O4. The molecule has 0 fully saturated rings. The molecule has 1 aromatic rings. The van der Waals surface area contributed by atoms with Gasteiger partial charge in [-0.25, -0.2) is 4.79 Å². The van der Waals surface area contributed by atoms with Crippen molar-refractivity contribution in [2.75, 3.05) is 21.3 Å². The Morgan fingerprint density at radius 3 is 2.00 bits per heavy atom. The van der Waals surface area contributed by atoms with E-state index in [2.05, 4.69) is 11.3 Å². The number of hydrogen-bond acceptors (Lipinski definition) is 4. The largest absolute Gasteiger partial charge is 0.496 e. The lowest BCUT2D eigenvalue weighted by molar-refractivity contribution is 0.0600. The Morgan fingerprint density at radius 2 is 1.69 bits per heavy atom. The van der Waals surface area contributed by atoms with Crippen molar-refractivity contribution in [3.05, 3.63) is 29.8 Å². The number of rotatable bonds is 4. The summed E-state index contributed by atoms with van der Waals surface area (Å²) in [5.41, 5.74) is 1.08. The summed E-state index contributed by atoms with van der Waals surface area (Å²) in [6, 6.07) is 3.18. The highest BCUT2D eigenvalue weighted by atomic mass is 16.5. The molecule has 0 radical (unpaired) electrons. The van der Waals surface area contributed by atoms with Crippen LogP contribution in [0.25, 0.3) is 6.08 Å². The van der Waals surface area contributed by atoms with Gasteiger partial charge in [0.25, 0.3) is 0 Å². The second-order valence-corrected chi connectivity index (χ2v) is 2.99. The molecule has 0 N–H and O–H groups in total. The van der Waals surface area contributed by atoms with E-state index in [-0.39, 0.29) is 0 Å². The molecule has 1 rings (SSSR count). The quantitative estimate of drug-likeness (QED) is 0.732. The summed E-state index contributed by atoms with van der Waals surface area (Å²) in [5.74, 6) is 0.608.